The Kier molecular flexibility index (Phi) is 9.61. The highest BCUT2D eigenvalue weighted by Crippen LogP contribution is 2.33. The summed E-state index contributed by atoms with van der Waals surface area (Å²) in [6.07, 6.45) is 5.03. The summed E-state index contributed by atoms with van der Waals surface area (Å²) in [6.45, 7) is 3.23. The molecule has 8 nitrogen and oxygen atoms in total. The van der Waals surface area contributed by atoms with Gasteiger partial charge in [-0.15, -0.1) is 0 Å². The highest BCUT2D eigenvalue weighted by atomic mass is 32.2. The van der Waals surface area contributed by atoms with Crippen molar-refractivity contribution in [2.75, 3.05) is 29.6 Å². The van der Waals surface area contributed by atoms with Gasteiger partial charge < -0.3 is 15.5 Å². The molecule has 224 valence electrons. The largest absolute Gasteiger partial charge is 0.416 e. The van der Waals surface area contributed by atoms with E-state index in [1.54, 1.807) is 0 Å². The van der Waals surface area contributed by atoms with Crippen LogP contribution >= 0.6 is 0 Å². The number of pyridine rings is 1. The molecule has 12 heteroatoms. The van der Waals surface area contributed by atoms with E-state index in [-0.39, 0.29) is 34.0 Å². The third kappa shape index (κ3) is 8.21. The van der Waals surface area contributed by atoms with Gasteiger partial charge in [-0.2, -0.15) is 13.2 Å². The van der Waals surface area contributed by atoms with Crippen molar-refractivity contribution in [2.45, 2.75) is 75.4 Å². The molecule has 1 aliphatic carbocycles. The standard InChI is InChI=1S/C29H37F3N4O4S/c1-3-5-19-8-9-23(14-19)34-26(37)15-20-10-12-36(13-11-20)27-25(17-24(18-33-27)41(2,39)40)35-28(38)21-6-4-7-22(16-21)29(30,31)32/h4,6-7,16-20,23H,3,5,8-15H2,1-2H3,(H,34,37)(H,35,38). The molecule has 1 aromatic carbocycles. The fraction of sp³-hybridized carbons (Fsp3) is 0.552. The van der Waals surface area contributed by atoms with Gasteiger partial charge in [0, 0.05) is 43.6 Å². The van der Waals surface area contributed by atoms with Gasteiger partial charge in [-0.3, -0.25) is 9.59 Å². The number of sulfone groups is 1. The first kappa shape index (κ1) is 30.8. The van der Waals surface area contributed by atoms with Gasteiger partial charge in [0.15, 0.2) is 15.7 Å². The number of carbonyl (C=O) groups is 2. The van der Waals surface area contributed by atoms with Gasteiger partial charge in [-0.1, -0.05) is 25.8 Å². The van der Waals surface area contributed by atoms with Gasteiger partial charge in [0.25, 0.3) is 5.91 Å². The van der Waals surface area contributed by atoms with Crippen LogP contribution in [0.2, 0.25) is 0 Å². The van der Waals surface area contributed by atoms with Gasteiger partial charge in [0.05, 0.1) is 16.1 Å². The maximum absolute atomic E-state index is 13.2. The SMILES string of the molecule is CCCC1CCC(NC(=O)CC2CCN(c3ncc(S(C)(=O)=O)cc3NC(=O)c3cccc(C(F)(F)F)c3)CC2)C1. The predicted molar refractivity (Wildman–Crippen MR) is 150 cm³/mol. The number of halogens is 3. The molecule has 1 aromatic heterocycles. The Balaban J connectivity index is 1.42. The molecule has 2 aromatic rings. The minimum atomic E-state index is -4.62. The Hall–Kier alpha value is -3.15. The maximum Gasteiger partial charge on any atom is 0.416 e. The summed E-state index contributed by atoms with van der Waals surface area (Å²) in [7, 11) is -3.66. The summed E-state index contributed by atoms with van der Waals surface area (Å²) in [5, 5.41) is 5.77. The van der Waals surface area contributed by atoms with Gasteiger partial charge in [0.1, 0.15) is 0 Å². The van der Waals surface area contributed by atoms with Crippen molar-refractivity contribution < 1.29 is 31.2 Å². The number of hydrogen-bond donors (Lipinski definition) is 2. The molecule has 2 aliphatic rings. The first-order valence-electron chi connectivity index (χ1n) is 14.1. The van der Waals surface area contributed by atoms with Crippen LogP contribution < -0.4 is 15.5 Å². The minimum absolute atomic E-state index is 0.0651. The average Bonchev–Trinajstić information content (AvgIpc) is 3.35. The fourth-order valence-corrected chi connectivity index (χ4v) is 6.37. The summed E-state index contributed by atoms with van der Waals surface area (Å²) in [6, 6.07) is 5.53. The van der Waals surface area contributed by atoms with Crippen molar-refractivity contribution in [1.82, 2.24) is 10.3 Å². The second kappa shape index (κ2) is 12.8. The Labute approximate surface area is 239 Å². The van der Waals surface area contributed by atoms with E-state index in [2.05, 4.69) is 22.5 Å². The minimum Gasteiger partial charge on any atom is -0.355 e. The van der Waals surface area contributed by atoms with Crippen LogP contribution in [0.25, 0.3) is 0 Å². The van der Waals surface area contributed by atoms with Gasteiger partial charge in [-0.05, 0) is 68.2 Å². The molecule has 0 spiro atoms. The second-order valence-corrected chi connectivity index (χ2v) is 13.2. The number of piperidine rings is 1. The van der Waals surface area contributed by atoms with E-state index in [1.807, 2.05) is 4.90 Å². The molecule has 2 N–H and O–H groups in total. The third-order valence-electron chi connectivity index (χ3n) is 7.96. The first-order chi connectivity index (χ1) is 19.3. The van der Waals surface area contributed by atoms with E-state index >= 15 is 0 Å². The summed E-state index contributed by atoms with van der Waals surface area (Å²) in [5.41, 5.74) is -1.09. The molecule has 2 atom stereocenters. The summed E-state index contributed by atoms with van der Waals surface area (Å²) >= 11 is 0. The van der Waals surface area contributed by atoms with Crippen LogP contribution in [0.1, 0.15) is 74.2 Å². The molecule has 1 aliphatic heterocycles. The number of anilines is 2. The smallest absolute Gasteiger partial charge is 0.355 e. The Morgan fingerprint density at radius 2 is 1.80 bits per heavy atom. The molecule has 2 unspecified atom stereocenters. The topological polar surface area (TPSA) is 108 Å². The van der Waals surface area contributed by atoms with Crippen LogP contribution in [0.3, 0.4) is 0 Å². The zero-order valence-corrected chi connectivity index (χ0v) is 24.2. The van der Waals surface area contributed by atoms with Crippen LogP contribution in [-0.4, -0.2) is 50.6 Å². The number of carbonyl (C=O) groups excluding carboxylic acids is 2. The molecule has 2 amide bonds. The molecule has 1 saturated heterocycles. The summed E-state index contributed by atoms with van der Waals surface area (Å²) < 4.78 is 63.8. The van der Waals surface area contributed by atoms with E-state index in [9.17, 15) is 31.2 Å². The van der Waals surface area contributed by atoms with Crippen LogP contribution in [0, 0.1) is 11.8 Å². The second-order valence-electron chi connectivity index (χ2n) is 11.2. The van der Waals surface area contributed by atoms with Crippen LogP contribution in [0.5, 0.6) is 0 Å². The highest BCUT2D eigenvalue weighted by molar-refractivity contribution is 7.90. The van der Waals surface area contributed by atoms with Gasteiger partial charge in [-0.25, -0.2) is 13.4 Å². The number of aromatic nitrogens is 1. The number of rotatable bonds is 9. The number of benzene rings is 1. The molecule has 41 heavy (non-hydrogen) atoms. The summed E-state index contributed by atoms with van der Waals surface area (Å²) in [4.78, 5) is 31.7. The monoisotopic (exact) mass is 594 g/mol. The zero-order chi connectivity index (χ0) is 29.8. The quantitative estimate of drug-likeness (QED) is 0.400. The maximum atomic E-state index is 13.2. The average molecular weight is 595 g/mol. The van der Waals surface area contributed by atoms with Crippen molar-refractivity contribution in [3.05, 3.63) is 47.7 Å². The lowest BCUT2D eigenvalue weighted by molar-refractivity contribution is -0.137. The van der Waals surface area contributed by atoms with Gasteiger partial charge >= 0.3 is 6.18 Å². The first-order valence-corrected chi connectivity index (χ1v) is 16.0. The Morgan fingerprint density at radius 1 is 1.07 bits per heavy atom. The molecule has 2 fully saturated rings. The van der Waals surface area contributed by atoms with Crippen molar-refractivity contribution in [3.63, 3.8) is 0 Å². The lowest BCUT2D eigenvalue weighted by Crippen LogP contribution is -2.38. The van der Waals surface area contributed by atoms with Crippen LogP contribution in [-0.2, 0) is 20.8 Å². The predicted octanol–water partition coefficient (Wildman–Crippen LogP) is 5.45. The Morgan fingerprint density at radius 3 is 2.46 bits per heavy atom. The lowest BCUT2D eigenvalue weighted by Gasteiger charge is -2.34. The van der Waals surface area contributed by atoms with Crippen molar-refractivity contribution in [3.8, 4) is 0 Å². The van der Waals surface area contributed by atoms with Gasteiger partial charge in [0.2, 0.25) is 5.91 Å². The molecular weight excluding hydrogens is 557 g/mol. The van der Waals surface area contributed by atoms with E-state index < -0.39 is 27.5 Å². The number of alkyl halides is 3. The van der Waals surface area contributed by atoms with E-state index in [1.165, 1.54) is 24.8 Å². The molecule has 4 rings (SSSR count). The van der Waals surface area contributed by atoms with Crippen LogP contribution in [0.15, 0.2) is 41.4 Å². The number of hydrogen-bond acceptors (Lipinski definition) is 6. The highest BCUT2D eigenvalue weighted by Gasteiger charge is 2.32. The van der Waals surface area contributed by atoms with E-state index in [0.29, 0.717) is 44.1 Å². The van der Waals surface area contributed by atoms with Crippen LogP contribution in [0.4, 0.5) is 24.7 Å². The number of nitrogens with one attached hydrogen (secondary N) is 2. The third-order valence-corrected chi connectivity index (χ3v) is 9.04. The molecular formula is C29H37F3N4O4S. The van der Waals surface area contributed by atoms with Crippen molar-refractivity contribution in [2.24, 2.45) is 11.8 Å². The number of amides is 2. The van der Waals surface area contributed by atoms with Crippen molar-refractivity contribution >= 4 is 33.2 Å². The summed E-state index contributed by atoms with van der Waals surface area (Å²) in [5.74, 6) is 0.448. The number of nitrogens with zero attached hydrogens (tertiary/aromatic N) is 2. The zero-order valence-electron chi connectivity index (χ0n) is 23.3. The molecule has 0 radical (unpaired) electrons. The fourth-order valence-electron chi connectivity index (χ4n) is 5.79. The Bertz CT molecular complexity index is 1360. The lowest BCUT2D eigenvalue weighted by atomic mass is 9.93. The molecule has 2 heterocycles. The van der Waals surface area contributed by atoms with E-state index in [0.717, 1.165) is 50.1 Å². The van der Waals surface area contributed by atoms with E-state index in [4.69, 9.17) is 0 Å². The molecule has 1 saturated carbocycles. The van der Waals surface area contributed by atoms with Crippen molar-refractivity contribution in [1.29, 1.82) is 0 Å². The molecule has 0 bridgehead atoms. The normalized spacial score (nSPS) is 20.2.